The molecule has 21 heavy (non-hydrogen) atoms. The zero-order valence-electron chi connectivity index (χ0n) is 12.8. The highest BCUT2D eigenvalue weighted by atomic mass is 16.2. The fraction of sp³-hybridized carbons (Fsp3) is 0.800. The van der Waals surface area contributed by atoms with Gasteiger partial charge in [0.15, 0.2) is 0 Å². The van der Waals surface area contributed by atoms with Gasteiger partial charge >= 0.3 is 0 Å². The van der Waals surface area contributed by atoms with Gasteiger partial charge < -0.3 is 10.2 Å². The van der Waals surface area contributed by atoms with Crippen molar-refractivity contribution in [3.8, 4) is 12.1 Å². The van der Waals surface area contributed by atoms with Crippen LogP contribution in [-0.4, -0.2) is 61.0 Å². The van der Waals surface area contributed by atoms with Crippen LogP contribution in [0.4, 0.5) is 0 Å². The molecule has 1 rings (SSSR count). The van der Waals surface area contributed by atoms with Crippen LogP contribution in [0.3, 0.4) is 0 Å². The van der Waals surface area contributed by atoms with Gasteiger partial charge in [-0.25, -0.2) is 0 Å². The van der Waals surface area contributed by atoms with E-state index >= 15 is 0 Å². The molecule has 0 spiro atoms. The Morgan fingerprint density at radius 2 is 1.90 bits per heavy atom. The predicted octanol–water partition coefficient (Wildman–Crippen LogP) is 0.716. The van der Waals surface area contributed by atoms with Gasteiger partial charge in [0, 0.05) is 25.7 Å². The largest absolute Gasteiger partial charge is 0.340 e. The summed E-state index contributed by atoms with van der Waals surface area (Å²) in [6.45, 7) is 6.18. The van der Waals surface area contributed by atoms with Crippen molar-refractivity contribution in [2.75, 3.05) is 39.3 Å². The fourth-order valence-electron chi connectivity index (χ4n) is 2.63. The van der Waals surface area contributed by atoms with Crippen molar-refractivity contribution in [1.29, 1.82) is 10.5 Å². The van der Waals surface area contributed by atoms with E-state index in [4.69, 9.17) is 10.5 Å². The van der Waals surface area contributed by atoms with E-state index < -0.39 is 0 Å². The molecule has 0 aromatic rings. The van der Waals surface area contributed by atoms with Crippen molar-refractivity contribution in [2.45, 2.75) is 38.6 Å². The van der Waals surface area contributed by atoms with Gasteiger partial charge in [-0.05, 0) is 25.9 Å². The number of hydrogen-bond acceptors (Lipinski definition) is 5. The fourth-order valence-corrected chi connectivity index (χ4v) is 2.63. The van der Waals surface area contributed by atoms with Gasteiger partial charge in [0.05, 0.1) is 31.5 Å². The molecule has 1 aliphatic rings. The monoisotopic (exact) mass is 291 g/mol. The minimum absolute atomic E-state index is 0.0286. The van der Waals surface area contributed by atoms with Crippen LogP contribution in [0.15, 0.2) is 0 Å². The third kappa shape index (κ3) is 6.12. The molecule has 1 atom stereocenters. The molecule has 1 saturated heterocycles. The van der Waals surface area contributed by atoms with Crippen LogP contribution in [-0.2, 0) is 4.79 Å². The molecular formula is C15H25N5O. The van der Waals surface area contributed by atoms with Crippen LogP contribution >= 0.6 is 0 Å². The standard InChI is InChI=1S/C15H25N5O/c1-2-9-20(14-5-8-18-12-14)13-15(21)19(10-3-6-16)11-4-7-17/h14,18H,2-5,8-13H2,1H3. The molecule has 0 radical (unpaired) electrons. The van der Waals surface area contributed by atoms with Gasteiger partial charge in [0.1, 0.15) is 0 Å². The van der Waals surface area contributed by atoms with Crippen LogP contribution in [0.1, 0.15) is 32.6 Å². The molecule has 116 valence electrons. The normalized spacial score (nSPS) is 17.4. The van der Waals surface area contributed by atoms with Crippen LogP contribution in [0.25, 0.3) is 0 Å². The Morgan fingerprint density at radius 1 is 1.24 bits per heavy atom. The average Bonchev–Trinajstić information content (AvgIpc) is 3.01. The number of amides is 1. The Kier molecular flexibility index (Phi) is 8.42. The summed E-state index contributed by atoms with van der Waals surface area (Å²) in [7, 11) is 0. The van der Waals surface area contributed by atoms with E-state index in [0.717, 1.165) is 32.5 Å². The number of carbonyl (C=O) groups excluding carboxylic acids is 1. The molecule has 1 N–H and O–H groups in total. The third-order valence-corrected chi connectivity index (χ3v) is 3.74. The zero-order valence-corrected chi connectivity index (χ0v) is 12.8. The summed E-state index contributed by atoms with van der Waals surface area (Å²) in [5.41, 5.74) is 0. The summed E-state index contributed by atoms with van der Waals surface area (Å²) in [6.07, 6.45) is 2.72. The van der Waals surface area contributed by atoms with Crippen molar-refractivity contribution in [2.24, 2.45) is 0 Å². The smallest absolute Gasteiger partial charge is 0.236 e. The first kappa shape index (κ1) is 17.4. The summed E-state index contributed by atoms with van der Waals surface area (Å²) < 4.78 is 0. The summed E-state index contributed by atoms with van der Waals surface area (Å²) in [5.74, 6) is 0.0286. The minimum atomic E-state index is 0.0286. The maximum atomic E-state index is 12.4. The van der Waals surface area contributed by atoms with Crippen molar-refractivity contribution in [1.82, 2.24) is 15.1 Å². The van der Waals surface area contributed by atoms with Crippen LogP contribution in [0, 0.1) is 22.7 Å². The second-order valence-electron chi connectivity index (χ2n) is 5.31. The van der Waals surface area contributed by atoms with E-state index in [1.807, 2.05) is 0 Å². The lowest BCUT2D eigenvalue weighted by molar-refractivity contribution is -0.132. The summed E-state index contributed by atoms with van der Waals surface area (Å²) >= 11 is 0. The average molecular weight is 291 g/mol. The highest BCUT2D eigenvalue weighted by Crippen LogP contribution is 2.10. The van der Waals surface area contributed by atoms with Crippen molar-refractivity contribution in [3.63, 3.8) is 0 Å². The van der Waals surface area contributed by atoms with Gasteiger partial charge in [-0.1, -0.05) is 6.92 Å². The Labute approximate surface area is 127 Å². The maximum Gasteiger partial charge on any atom is 0.236 e. The lowest BCUT2D eigenvalue weighted by Gasteiger charge is -2.30. The quantitative estimate of drug-likeness (QED) is 0.676. The molecule has 1 amide bonds. The second kappa shape index (κ2) is 10.1. The SMILES string of the molecule is CCCN(CC(=O)N(CCC#N)CCC#N)C1CCNC1. The van der Waals surface area contributed by atoms with E-state index in [0.29, 0.717) is 38.5 Å². The first-order valence-corrected chi connectivity index (χ1v) is 7.69. The first-order chi connectivity index (χ1) is 10.2. The molecule has 0 saturated carbocycles. The Morgan fingerprint density at radius 3 is 2.38 bits per heavy atom. The van der Waals surface area contributed by atoms with Gasteiger partial charge in [0.2, 0.25) is 5.91 Å². The van der Waals surface area contributed by atoms with Gasteiger partial charge in [-0.15, -0.1) is 0 Å². The summed E-state index contributed by atoms with van der Waals surface area (Å²) in [6, 6.07) is 4.54. The van der Waals surface area contributed by atoms with Crippen molar-refractivity contribution in [3.05, 3.63) is 0 Å². The van der Waals surface area contributed by atoms with E-state index in [9.17, 15) is 4.79 Å². The number of nitrogens with one attached hydrogen (secondary N) is 1. The number of nitrogens with zero attached hydrogens (tertiary/aromatic N) is 4. The van der Waals surface area contributed by atoms with Crippen LogP contribution in [0.2, 0.25) is 0 Å². The molecule has 0 aromatic carbocycles. The summed E-state index contributed by atoms with van der Waals surface area (Å²) in [4.78, 5) is 16.3. The number of carbonyl (C=O) groups is 1. The molecule has 1 unspecified atom stereocenters. The number of nitriles is 2. The molecule has 6 heteroatoms. The van der Waals surface area contributed by atoms with E-state index in [1.54, 1.807) is 4.90 Å². The molecular weight excluding hydrogens is 266 g/mol. The molecule has 1 heterocycles. The molecule has 1 aliphatic heterocycles. The van der Waals surface area contributed by atoms with E-state index in [2.05, 4.69) is 29.3 Å². The highest BCUT2D eigenvalue weighted by molar-refractivity contribution is 5.78. The highest BCUT2D eigenvalue weighted by Gasteiger charge is 2.25. The summed E-state index contributed by atoms with van der Waals surface area (Å²) in [5, 5.41) is 20.7. The predicted molar refractivity (Wildman–Crippen MR) is 80.2 cm³/mol. The van der Waals surface area contributed by atoms with E-state index in [1.165, 1.54) is 0 Å². The van der Waals surface area contributed by atoms with Crippen molar-refractivity contribution < 1.29 is 4.79 Å². The second-order valence-corrected chi connectivity index (χ2v) is 5.31. The molecule has 1 fully saturated rings. The number of rotatable bonds is 9. The van der Waals surface area contributed by atoms with Gasteiger partial charge in [0.25, 0.3) is 0 Å². The van der Waals surface area contributed by atoms with Crippen molar-refractivity contribution >= 4 is 5.91 Å². The van der Waals surface area contributed by atoms with Gasteiger partial charge in [-0.3, -0.25) is 9.69 Å². The van der Waals surface area contributed by atoms with Crippen LogP contribution in [0.5, 0.6) is 0 Å². The Hall–Kier alpha value is -1.63. The Bertz CT molecular complexity index is 374. The lowest BCUT2D eigenvalue weighted by Crippen LogP contribution is -2.46. The topological polar surface area (TPSA) is 83.2 Å². The molecule has 0 aromatic heterocycles. The minimum Gasteiger partial charge on any atom is -0.340 e. The number of hydrogen-bond donors (Lipinski definition) is 1. The zero-order chi connectivity index (χ0) is 15.5. The Balaban J connectivity index is 2.58. The molecule has 0 bridgehead atoms. The molecule has 6 nitrogen and oxygen atoms in total. The van der Waals surface area contributed by atoms with Crippen LogP contribution < -0.4 is 5.32 Å². The van der Waals surface area contributed by atoms with Gasteiger partial charge in [-0.2, -0.15) is 10.5 Å². The van der Waals surface area contributed by atoms with E-state index in [-0.39, 0.29) is 5.91 Å². The molecule has 0 aliphatic carbocycles. The first-order valence-electron chi connectivity index (χ1n) is 7.69. The lowest BCUT2D eigenvalue weighted by atomic mass is 10.2. The maximum absolute atomic E-state index is 12.4. The third-order valence-electron chi connectivity index (χ3n) is 3.74.